The zero-order chi connectivity index (χ0) is 15.2. The van der Waals surface area contributed by atoms with Gasteiger partial charge in [0.15, 0.2) is 0 Å². The quantitative estimate of drug-likeness (QED) is 0.480. The molecule has 0 bridgehead atoms. The zero-order valence-electron chi connectivity index (χ0n) is 12.2. The number of rotatable bonds is 6. The van der Waals surface area contributed by atoms with Crippen LogP contribution in [0.15, 0.2) is 12.1 Å². The predicted octanol–water partition coefficient (Wildman–Crippen LogP) is 3.08. The molecular weight excluding hydrogens is 292 g/mol. The van der Waals surface area contributed by atoms with Crippen LogP contribution in [0.25, 0.3) is 0 Å². The maximum Gasteiger partial charge on any atom is 0.340 e. The van der Waals surface area contributed by atoms with E-state index in [2.05, 4.69) is 5.32 Å². The maximum atomic E-state index is 11.8. The van der Waals surface area contributed by atoms with Crippen molar-refractivity contribution < 1.29 is 14.3 Å². The number of nitrogen functional groups attached to an aromatic ring is 1. The lowest BCUT2D eigenvalue weighted by atomic mass is 10.1. The number of anilines is 2. The number of carbonyl (C=O) groups excluding carboxylic acids is 1. The number of hydrogen-bond acceptors (Lipinski definition) is 5. The molecule has 0 saturated heterocycles. The van der Waals surface area contributed by atoms with E-state index in [0.29, 0.717) is 41.2 Å². The van der Waals surface area contributed by atoms with Gasteiger partial charge in [0.05, 0.1) is 36.1 Å². The van der Waals surface area contributed by atoms with E-state index in [1.54, 1.807) is 12.1 Å². The molecule has 6 heteroatoms. The van der Waals surface area contributed by atoms with Crippen LogP contribution in [0, 0.1) is 0 Å². The van der Waals surface area contributed by atoms with Crippen LogP contribution in [-0.4, -0.2) is 32.3 Å². The van der Waals surface area contributed by atoms with Gasteiger partial charge in [-0.25, -0.2) is 4.79 Å². The van der Waals surface area contributed by atoms with Gasteiger partial charge in [-0.2, -0.15) is 0 Å². The summed E-state index contributed by atoms with van der Waals surface area (Å²) in [6, 6.07) is 3.16. The van der Waals surface area contributed by atoms with Gasteiger partial charge < -0.3 is 20.5 Å². The van der Waals surface area contributed by atoms with E-state index in [4.69, 9.17) is 26.8 Å². The number of carbonyl (C=O) groups is 1. The molecule has 0 amide bonds. The van der Waals surface area contributed by atoms with Crippen LogP contribution < -0.4 is 11.1 Å². The summed E-state index contributed by atoms with van der Waals surface area (Å²) in [6.07, 6.45) is 5.13. The lowest BCUT2D eigenvalue weighted by Crippen LogP contribution is -2.17. The van der Waals surface area contributed by atoms with Crippen molar-refractivity contribution in [2.24, 2.45) is 0 Å². The molecule has 0 atom stereocenters. The molecule has 1 aliphatic carbocycles. The zero-order valence-corrected chi connectivity index (χ0v) is 12.9. The smallest absolute Gasteiger partial charge is 0.340 e. The highest BCUT2D eigenvalue weighted by Crippen LogP contribution is 2.29. The van der Waals surface area contributed by atoms with E-state index < -0.39 is 5.97 Å². The highest BCUT2D eigenvalue weighted by atomic mass is 35.5. The van der Waals surface area contributed by atoms with Crippen LogP contribution in [0.5, 0.6) is 0 Å². The normalized spacial score (nSPS) is 15.1. The minimum atomic E-state index is -0.469. The summed E-state index contributed by atoms with van der Waals surface area (Å²) < 4.78 is 10.5. The first-order valence-electron chi connectivity index (χ1n) is 7.14. The Kier molecular flexibility index (Phi) is 5.70. The fourth-order valence-electron chi connectivity index (χ4n) is 2.53. The van der Waals surface area contributed by atoms with Crippen molar-refractivity contribution in [3.63, 3.8) is 0 Å². The van der Waals surface area contributed by atoms with Crippen molar-refractivity contribution in [2.75, 3.05) is 31.3 Å². The Morgan fingerprint density at radius 2 is 2.14 bits per heavy atom. The lowest BCUT2D eigenvalue weighted by molar-refractivity contribution is 0.0599. The number of benzene rings is 1. The van der Waals surface area contributed by atoms with Gasteiger partial charge in [-0.15, -0.1) is 0 Å². The summed E-state index contributed by atoms with van der Waals surface area (Å²) >= 11 is 6.15. The van der Waals surface area contributed by atoms with Crippen molar-refractivity contribution in [1.82, 2.24) is 0 Å². The fraction of sp³-hybridized carbons (Fsp3) is 0.533. The van der Waals surface area contributed by atoms with Crippen molar-refractivity contribution in [3.8, 4) is 0 Å². The number of halogens is 1. The summed E-state index contributed by atoms with van der Waals surface area (Å²) in [6.45, 7) is 1.15. The predicted molar refractivity (Wildman–Crippen MR) is 83.9 cm³/mol. The van der Waals surface area contributed by atoms with Gasteiger partial charge in [0.2, 0.25) is 0 Å². The Hall–Kier alpha value is -1.46. The highest BCUT2D eigenvalue weighted by molar-refractivity contribution is 6.34. The second-order valence-corrected chi connectivity index (χ2v) is 5.53. The fourth-order valence-corrected chi connectivity index (χ4v) is 2.83. The van der Waals surface area contributed by atoms with Crippen LogP contribution in [-0.2, 0) is 9.47 Å². The van der Waals surface area contributed by atoms with E-state index in [-0.39, 0.29) is 0 Å². The van der Waals surface area contributed by atoms with E-state index in [9.17, 15) is 4.79 Å². The number of esters is 1. The topological polar surface area (TPSA) is 73.6 Å². The van der Waals surface area contributed by atoms with Crippen LogP contribution in [0.1, 0.15) is 36.0 Å². The molecule has 0 spiro atoms. The summed E-state index contributed by atoms with van der Waals surface area (Å²) in [4.78, 5) is 11.8. The van der Waals surface area contributed by atoms with Gasteiger partial charge in [-0.05, 0) is 25.0 Å². The molecule has 1 saturated carbocycles. The summed E-state index contributed by atoms with van der Waals surface area (Å²) in [5.41, 5.74) is 7.01. The summed E-state index contributed by atoms with van der Waals surface area (Å²) in [7, 11) is 1.33. The molecule has 0 aromatic heterocycles. The van der Waals surface area contributed by atoms with Crippen LogP contribution in [0.3, 0.4) is 0 Å². The average Bonchev–Trinajstić information content (AvgIpc) is 2.97. The van der Waals surface area contributed by atoms with Gasteiger partial charge in [-0.3, -0.25) is 0 Å². The molecule has 1 aromatic carbocycles. The lowest BCUT2D eigenvalue weighted by Gasteiger charge is -2.15. The number of hydrogen-bond donors (Lipinski definition) is 2. The molecular formula is C15H21ClN2O3. The van der Waals surface area contributed by atoms with Gasteiger partial charge in [-0.1, -0.05) is 24.4 Å². The molecule has 21 heavy (non-hydrogen) atoms. The first-order chi connectivity index (χ1) is 10.1. The van der Waals surface area contributed by atoms with Gasteiger partial charge in [0, 0.05) is 12.2 Å². The largest absolute Gasteiger partial charge is 0.465 e. The second kappa shape index (κ2) is 7.52. The maximum absolute atomic E-state index is 11.8. The minimum Gasteiger partial charge on any atom is -0.465 e. The molecule has 5 nitrogen and oxygen atoms in total. The third-order valence-corrected chi connectivity index (χ3v) is 3.88. The standard InChI is InChI=1S/C15H21ClN2O3/c1-20-15(19)12-8-10(17)9-13(16)14(12)18-6-7-21-11-4-2-3-5-11/h8-9,11,18H,2-7,17H2,1H3. The second-order valence-electron chi connectivity index (χ2n) is 5.12. The SMILES string of the molecule is COC(=O)c1cc(N)cc(Cl)c1NCCOC1CCCC1. The third kappa shape index (κ3) is 4.25. The number of methoxy groups -OCH3 is 1. The Bertz CT molecular complexity index is 502. The first-order valence-corrected chi connectivity index (χ1v) is 7.52. The molecule has 1 aliphatic rings. The van der Waals surface area contributed by atoms with E-state index >= 15 is 0 Å². The highest BCUT2D eigenvalue weighted by Gasteiger charge is 2.17. The molecule has 116 valence electrons. The number of ether oxygens (including phenoxy) is 2. The number of nitrogens with two attached hydrogens (primary N) is 1. The molecule has 0 unspecified atom stereocenters. The molecule has 3 N–H and O–H groups in total. The van der Waals surface area contributed by atoms with Crippen molar-refractivity contribution in [3.05, 3.63) is 22.7 Å². The van der Waals surface area contributed by atoms with E-state index in [0.717, 1.165) is 12.8 Å². The minimum absolute atomic E-state index is 0.336. The molecule has 1 aromatic rings. The van der Waals surface area contributed by atoms with Gasteiger partial charge >= 0.3 is 5.97 Å². The van der Waals surface area contributed by atoms with E-state index in [1.165, 1.54) is 20.0 Å². The summed E-state index contributed by atoms with van der Waals surface area (Å²) in [5, 5.41) is 3.53. The monoisotopic (exact) mass is 312 g/mol. The van der Waals surface area contributed by atoms with Gasteiger partial charge in [0.1, 0.15) is 0 Å². The number of nitrogens with one attached hydrogen (secondary N) is 1. The van der Waals surface area contributed by atoms with Crippen LogP contribution >= 0.6 is 11.6 Å². The van der Waals surface area contributed by atoms with Crippen molar-refractivity contribution >= 4 is 28.9 Å². The summed E-state index contributed by atoms with van der Waals surface area (Å²) in [5.74, 6) is -0.469. The molecule has 0 radical (unpaired) electrons. The van der Waals surface area contributed by atoms with Crippen LogP contribution in [0.2, 0.25) is 5.02 Å². The Morgan fingerprint density at radius 1 is 1.43 bits per heavy atom. The molecule has 0 aliphatic heterocycles. The Balaban J connectivity index is 1.96. The van der Waals surface area contributed by atoms with Crippen molar-refractivity contribution in [2.45, 2.75) is 31.8 Å². The Labute approximate surface area is 129 Å². The molecule has 0 heterocycles. The molecule has 2 rings (SSSR count). The average molecular weight is 313 g/mol. The first kappa shape index (κ1) is 15.9. The van der Waals surface area contributed by atoms with Gasteiger partial charge in [0.25, 0.3) is 0 Å². The molecule has 1 fully saturated rings. The Morgan fingerprint density at radius 3 is 2.81 bits per heavy atom. The van der Waals surface area contributed by atoms with Crippen molar-refractivity contribution in [1.29, 1.82) is 0 Å². The van der Waals surface area contributed by atoms with Crippen LogP contribution in [0.4, 0.5) is 11.4 Å². The van der Waals surface area contributed by atoms with E-state index in [1.807, 2.05) is 0 Å². The third-order valence-electron chi connectivity index (χ3n) is 3.58.